The first-order valence-electron chi connectivity index (χ1n) is 7.35. The summed E-state index contributed by atoms with van der Waals surface area (Å²) in [5.41, 5.74) is 0.504. The second-order valence-corrected chi connectivity index (χ2v) is 6.14. The summed E-state index contributed by atoms with van der Waals surface area (Å²) >= 11 is 7.96. The predicted molar refractivity (Wildman–Crippen MR) is 92.6 cm³/mol. The number of pyridine rings is 1. The molecule has 0 aliphatic carbocycles. The normalized spacial score (nSPS) is 10.4. The number of thioether (sulfide) groups is 1. The number of amides is 1. The van der Waals surface area contributed by atoms with Crippen LogP contribution in [0, 0.1) is 0 Å². The average molecular weight is 330 g/mol. The van der Waals surface area contributed by atoms with Gasteiger partial charge in [-0.2, -0.15) is 11.8 Å². The highest BCUT2D eigenvalue weighted by molar-refractivity contribution is 7.98. The van der Waals surface area contributed by atoms with E-state index in [4.69, 9.17) is 11.6 Å². The second kappa shape index (κ2) is 10.7. The van der Waals surface area contributed by atoms with Gasteiger partial charge in [0.1, 0.15) is 5.82 Å². The number of carbonyl (C=O) groups excluding carboxylic acids is 1. The van der Waals surface area contributed by atoms with Gasteiger partial charge in [-0.15, -0.1) is 0 Å². The third-order valence-electron chi connectivity index (χ3n) is 3.01. The predicted octanol–water partition coefficient (Wildman–Crippen LogP) is 3.82. The van der Waals surface area contributed by atoms with Crippen molar-refractivity contribution in [2.24, 2.45) is 0 Å². The number of unbranched alkanes of at least 4 members (excludes halogenated alkanes) is 3. The third-order valence-corrected chi connectivity index (χ3v) is 3.99. The number of halogens is 1. The maximum atomic E-state index is 12.0. The molecule has 1 rings (SSSR count). The van der Waals surface area contributed by atoms with Gasteiger partial charge in [0.15, 0.2) is 0 Å². The number of hydrogen-bond acceptors (Lipinski definition) is 4. The van der Waals surface area contributed by atoms with E-state index in [1.165, 1.54) is 18.6 Å². The monoisotopic (exact) mass is 329 g/mol. The highest BCUT2D eigenvalue weighted by Crippen LogP contribution is 2.19. The average Bonchev–Trinajstić information content (AvgIpc) is 2.48. The molecule has 118 valence electrons. The van der Waals surface area contributed by atoms with E-state index in [0.29, 0.717) is 22.9 Å². The smallest absolute Gasteiger partial charge is 0.252 e. The molecule has 0 aliphatic heterocycles. The molecule has 0 aromatic carbocycles. The number of nitrogens with one attached hydrogen (secondary N) is 2. The molecule has 1 amide bonds. The standard InChI is InChI=1S/C15H24ClN3OS/c1-3-17-14-13(16)10-12(11-19-14)15(20)18-8-6-4-5-7-9-21-2/h10-11H,3-9H2,1-2H3,(H,17,19)(H,18,20). The van der Waals surface area contributed by atoms with E-state index in [-0.39, 0.29) is 5.91 Å². The number of aromatic nitrogens is 1. The summed E-state index contributed by atoms with van der Waals surface area (Å²) in [6.07, 6.45) is 8.32. The van der Waals surface area contributed by atoms with Crippen LogP contribution in [-0.4, -0.2) is 36.0 Å². The van der Waals surface area contributed by atoms with Gasteiger partial charge in [0.2, 0.25) is 0 Å². The van der Waals surface area contributed by atoms with Gasteiger partial charge in [-0.1, -0.05) is 24.4 Å². The zero-order chi connectivity index (χ0) is 15.5. The van der Waals surface area contributed by atoms with Gasteiger partial charge in [0.25, 0.3) is 5.91 Å². The van der Waals surface area contributed by atoms with Crippen LogP contribution in [0.4, 0.5) is 5.82 Å². The van der Waals surface area contributed by atoms with Crippen molar-refractivity contribution in [3.8, 4) is 0 Å². The fraction of sp³-hybridized carbons (Fsp3) is 0.600. The summed E-state index contributed by atoms with van der Waals surface area (Å²) in [5, 5.41) is 6.42. The van der Waals surface area contributed by atoms with Gasteiger partial charge in [-0.3, -0.25) is 4.79 Å². The lowest BCUT2D eigenvalue weighted by atomic mass is 10.2. The molecule has 1 aromatic rings. The molecule has 0 fully saturated rings. The van der Waals surface area contributed by atoms with Crippen molar-refractivity contribution in [1.29, 1.82) is 0 Å². The molecular formula is C15H24ClN3OS. The molecule has 0 atom stereocenters. The van der Waals surface area contributed by atoms with Crippen molar-refractivity contribution in [3.63, 3.8) is 0 Å². The summed E-state index contributed by atoms with van der Waals surface area (Å²) in [6, 6.07) is 1.65. The highest BCUT2D eigenvalue weighted by Gasteiger charge is 2.09. The van der Waals surface area contributed by atoms with Crippen LogP contribution in [0.5, 0.6) is 0 Å². The zero-order valence-corrected chi connectivity index (χ0v) is 14.3. The van der Waals surface area contributed by atoms with Crippen LogP contribution >= 0.6 is 23.4 Å². The van der Waals surface area contributed by atoms with Crippen molar-refractivity contribution in [3.05, 3.63) is 22.8 Å². The molecule has 1 heterocycles. The van der Waals surface area contributed by atoms with Gasteiger partial charge < -0.3 is 10.6 Å². The third kappa shape index (κ3) is 7.05. The Kier molecular flexibility index (Phi) is 9.26. The Labute approximate surface area is 136 Å². The lowest BCUT2D eigenvalue weighted by Gasteiger charge is -2.08. The maximum Gasteiger partial charge on any atom is 0.252 e. The van der Waals surface area contributed by atoms with E-state index >= 15 is 0 Å². The Hall–Kier alpha value is -0.940. The van der Waals surface area contributed by atoms with E-state index in [1.54, 1.807) is 12.3 Å². The van der Waals surface area contributed by atoms with Crippen molar-refractivity contribution < 1.29 is 4.79 Å². The number of rotatable bonds is 10. The van der Waals surface area contributed by atoms with E-state index in [2.05, 4.69) is 21.9 Å². The fourth-order valence-corrected chi connectivity index (χ4v) is 2.61. The van der Waals surface area contributed by atoms with Crippen LogP contribution in [0.2, 0.25) is 5.02 Å². The number of carbonyl (C=O) groups is 1. The molecule has 0 bridgehead atoms. The van der Waals surface area contributed by atoms with Gasteiger partial charge in [-0.05, 0) is 37.8 Å². The van der Waals surface area contributed by atoms with Gasteiger partial charge >= 0.3 is 0 Å². The van der Waals surface area contributed by atoms with Gasteiger partial charge in [-0.25, -0.2) is 4.98 Å². The quantitative estimate of drug-likeness (QED) is 0.641. The zero-order valence-electron chi connectivity index (χ0n) is 12.7. The molecule has 2 N–H and O–H groups in total. The topological polar surface area (TPSA) is 54.0 Å². The Bertz CT molecular complexity index is 443. The summed E-state index contributed by atoms with van der Waals surface area (Å²) in [4.78, 5) is 16.1. The minimum Gasteiger partial charge on any atom is -0.369 e. The first kappa shape index (κ1) is 18.1. The van der Waals surface area contributed by atoms with Crippen molar-refractivity contribution in [1.82, 2.24) is 10.3 Å². The van der Waals surface area contributed by atoms with E-state index in [1.807, 2.05) is 18.7 Å². The molecule has 0 unspecified atom stereocenters. The second-order valence-electron chi connectivity index (χ2n) is 4.75. The van der Waals surface area contributed by atoms with Gasteiger partial charge in [0, 0.05) is 19.3 Å². The highest BCUT2D eigenvalue weighted by atomic mass is 35.5. The Morgan fingerprint density at radius 1 is 1.33 bits per heavy atom. The molecule has 1 aromatic heterocycles. The van der Waals surface area contributed by atoms with E-state index in [0.717, 1.165) is 19.4 Å². The number of nitrogens with zero attached hydrogens (tertiary/aromatic N) is 1. The largest absolute Gasteiger partial charge is 0.369 e. The summed E-state index contributed by atoms with van der Waals surface area (Å²) in [5.74, 6) is 1.72. The molecule has 6 heteroatoms. The Morgan fingerprint density at radius 3 is 2.76 bits per heavy atom. The van der Waals surface area contributed by atoms with Crippen LogP contribution in [-0.2, 0) is 0 Å². The Balaban J connectivity index is 2.30. The van der Waals surface area contributed by atoms with Crippen molar-refractivity contribution in [2.75, 3.05) is 30.4 Å². The number of anilines is 1. The van der Waals surface area contributed by atoms with Crippen molar-refractivity contribution >= 4 is 35.1 Å². The lowest BCUT2D eigenvalue weighted by Crippen LogP contribution is -2.24. The van der Waals surface area contributed by atoms with Crippen LogP contribution in [0.3, 0.4) is 0 Å². The summed E-state index contributed by atoms with van der Waals surface area (Å²) in [7, 11) is 0. The molecule has 21 heavy (non-hydrogen) atoms. The van der Waals surface area contributed by atoms with Crippen LogP contribution < -0.4 is 10.6 Å². The van der Waals surface area contributed by atoms with Crippen LogP contribution in [0.25, 0.3) is 0 Å². The first-order chi connectivity index (χ1) is 10.2. The lowest BCUT2D eigenvalue weighted by molar-refractivity contribution is 0.0952. The van der Waals surface area contributed by atoms with E-state index in [9.17, 15) is 4.79 Å². The molecule has 0 aliphatic rings. The summed E-state index contributed by atoms with van der Waals surface area (Å²) < 4.78 is 0. The minimum absolute atomic E-state index is 0.114. The van der Waals surface area contributed by atoms with Crippen LogP contribution in [0.15, 0.2) is 12.3 Å². The Morgan fingerprint density at radius 2 is 2.10 bits per heavy atom. The van der Waals surface area contributed by atoms with Gasteiger partial charge in [0.05, 0.1) is 10.6 Å². The molecule has 0 radical (unpaired) electrons. The minimum atomic E-state index is -0.114. The number of hydrogen-bond donors (Lipinski definition) is 2. The summed E-state index contributed by atoms with van der Waals surface area (Å²) in [6.45, 7) is 3.41. The first-order valence-corrected chi connectivity index (χ1v) is 9.12. The van der Waals surface area contributed by atoms with Crippen LogP contribution in [0.1, 0.15) is 43.0 Å². The van der Waals surface area contributed by atoms with E-state index < -0.39 is 0 Å². The fourth-order valence-electron chi connectivity index (χ4n) is 1.89. The molecule has 0 saturated heterocycles. The molecule has 0 spiro atoms. The van der Waals surface area contributed by atoms with Crippen molar-refractivity contribution in [2.45, 2.75) is 32.6 Å². The molecule has 0 saturated carbocycles. The maximum absolute atomic E-state index is 12.0. The molecule has 4 nitrogen and oxygen atoms in total. The SMILES string of the molecule is CCNc1ncc(C(=O)NCCCCCCSC)cc1Cl. The molecular weight excluding hydrogens is 306 g/mol.